The van der Waals surface area contributed by atoms with Crippen LogP contribution in [0, 0.1) is 6.92 Å². The van der Waals surface area contributed by atoms with E-state index in [2.05, 4.69) is 21.3 Å². The quantitative estimate of drug-likeness (QED) is 0.804. The molecule has 0 saturated carbocycles. The van der Waals surface area contributed by atoms with Crippen LogP contribution in [0.25, 0.3) is 5.95 Å². The summed E-state index contributed by atoms with van der Waals surface area (Å²) in [7, 11) is -3.82. The number of hydrogen-bond donors (Lipinski definition) is 1. The van der Waals surface area contributed by atoms with Crippen molar-refractivity contribution in [1.82, 2.24) is 19.3 Å². The molecule has 0 aliphatic rings. The van der Waals surface area contributed by atoms with Crippen LogP contribution in [0.4, 0.5) is 0 Å². The summed E-state index contributed by atoms with van der Waals surface area (Å²) in [5.74, 6) is 0.304. The number of allylic oxidation sites excluding steroid dienone is 4. The first-order chi connectivity index (χ1) is 11.7. The summed E-state index contributed by atoms with van der Waals surface area (Å²) in [5, 5.41) is 0.0628. The number of sulfonamides is 1. The first-order valence-electron chi connectivity index (χ1n) is 7.71. The molecule has 25 heavy (non-hydrogen) atoms. The lowest BCUT2D eigenvalue weighted by atomic mass is 10.2. The molecule has 0 fully saturated rings. The Morgan fingerprint density at radius 1 is 1.24 bits per heavy atom. The smallest absolute Gasteiger partial charge is 0.278 e. The lowest BCUT2D eigenvalue weighted by Crippen LogP contribution is -2.25. The Kier molecular flexibility index (Phi) is 5.58. The Bertz CT molecular complexity index is 949. The third-order valence-corrected chi connectivity index (χ3v) is 4.47. The maximum absolute atomic E-state index is 12.9. The lowest BCUT2D eigenvalue weighted by Gasteiger charge is -2.12. The first kappa shape index (κ1) is 18.7. The Morgan fingerprint density at radius 3 is 2.56 bits per heavy atom. The molecule has 0 amide bonds. The highest BCUT2D eigenvalue weighted by molar-refractivity contribution is 7.89. The summed E-state index contributed by atoms with van der Waals surface area (Å²) >= 11 is 0. The average Bonchev–Trinajstić information content (AvgIpc) is 2.95. The van der Waals surface area contributed by atoms with Crippen molar-refractivity contribution in [3.63, 3.8) is 0 Å². The zero-order chi connectivity index (χ0) is 18.6. The third kappa shape index (κ3) is 4.90. The molecule has 2 aromatic rings. The molecule has 0 unspecified atom stereocenters. The van der Waals surface area contributed by atoms with Gasteiger partial charge in [0.1, 0.15) is 0 Å². The number of hydrogen-bond acceptors (Lipinski definition) is 4. The van der Waals surface area contributed by atoms with E-state index >= 15 is 0 Å². The van der Waals surface area contributed by atoms with Gasteiger partial charge in [-0.05, 0) is 58.0 Å². The van der Waals surface area contributed by atoms with Crippen molar-refractivity contribution >= 4 is 10.0 Å². The molecule has 7 heteroatoms. The molecule has 0 saturated heterocycles. The highest BCUT2D eigenvalue weighted by Crippen LogP contribution is 2.16. The van der Waals surface area contributed by atoms with Gasteiger partial charge in [-0.1, -0.05) is 17.7 Å². The highest BCUT2D eigenvalue weighted by atomic mass is 32.2. The molecule has 0 bridgehead atoms. The minimum Gasteiger partial charge on any atom is -0.278 e. The number of aromatic nitrogens is 3. The Balaban J connectivity index is 2.46. The summed E-state index contributed by atoms with van der Waals surface area (Å²) in [6.45, 7) is 11.2. The fourth-order valence-electron chi connectivity index (χ4n) is 2.19. The molecule has 6 nitrogen and oxygen atoms in total. The van der Waals surface area contributed by atoms with Crippen molar-refractivity contribution in [2.24, 2.45) is 0 Å². The number of nitrogens with one attached hydrogen (secondary N) is 1. The van der Waals surface area contributed by atoms with Crippen LogP contribution in [0.3, 0.4) is 0 Å². The zero-order valence-electron chi connectivity index (χ0n) is 14.8. The van der Waals surface area contributed by atoms with Crippen molar-refractivity contribution in [3.8, 4) is 5.95 Å². The molecule has 0 aromatic carbocycles. The van der Waals surface area contributed by atoms with E-state index in [-0.39, 0.29) is 5.03 Å². The van der Waals surface area contributed by atoms with Crippen LogP contribution in [-0.2, 0) is 10.0 Å². The van der Waals surface area contributed by atoms with Gasteiger partial charge in [-0.25, -0.2) is 9.97 Å². The summed E-state index contributed by atoms with van der Waals surface area (Å²) < 4.78 is 29.8. The predicted molar refractivity (Wildman–Crippen MR) is 98.7 cm³/mol. The fraction of sp³-hybridized carbons (Fsp3) is 0.222. The normalized spacial score (nSPS) is 11.9. The van der Waals surface area contributed by atoms with Crippen LogP contribution < -0.4 is 4.72 Å². The van der Waals surface area contributed by atoms with Gasteiger partial charge in [-0.15, -0.1) is 0 Å². The van der Waals surface area contributed by atoms with E-state index < -0.39 is 10.0 Å². The highest BCUT2D eigenvalue weighted by Gasteiger charge is 2.21. The van der Waals surface area contributed by atoms with Gasteiger partial charge in [0, 0.05) is 23.8 Å². The summed E-state index contributed by atoms with van der Waals surface area (Å²) in [5.41, 5.74) is 2.91. The third-order valence-electron chi connectivity index (χ3n) is 3.08. The average molecular weight is 358 g/mol. The molecule has 0 radical (unpaired) electrons. The van der Waals surface area contributed by atoms with E-state index in [0.717, 1.165) is 16.8 Å². The van der Waals surface area contributed by atoms with Gasteiger partial charge in [0.15, 0.2) is 5.03 Å². The largest absolute Gasteiger partial charge is 0.278 e. The fourth-order valence-corrected chi connectivity index (χ4v) is 3.38. The van der Waals surface area contributed by atoms with E-state index in [1.807, 2.05) is 20.8 Å². The number of nitrogens with zero attached hydrogens (tertiary/aromatic N) is 3. The van der Waals surface area contributed by atoms with Crippen LogP contribution in [-0.4, -0.2) is 23.0 Å². The number of rotatable bonds is 6. The zero-order valence-corrected chi connectivity index (χ0v) is 15.6. The molecule has 0 aliphatic carbocycles. The second kappa shape index (κ2) is 7.48. The van der Waals surface area contributed by atoms with Gasteiger partial charge in [0.25, 0.3) is 10.0 Å². The maximum atomic E-state index is 12.9. The van der Waals surface area contributed by atoms with Crippen molar-refractivity contribution in [3.05, 3.63) is 71.9 Å². The molecule has 132 valence electrons. The second-order valence-corrected chi connectivity index (χ2v) is 7.62. The molecule has 0 spiro atoms. The van der Waals surface area contributed by atoms with E-state index in [4.69, 9.17) is 0 Å². The topological polar surface area (TPSA) is 76.9 Å². The van der Waals surface area contributed by atoms with Gasteiger partial charge < -0.3 is 0 Å². The van der Waals surface area contributed by atoms with E-state index in [0.29, 0.717) is 11.6 Å². The minimum atomic E-state index is -3.82. The molecule has 2 aromatic heterocycles. The van der Waals surface area contributed by atoms with Crippen molar-refractivity contribution in [2.75, 3.05) is 0 Å². The molecule has 0 atom stereocenters. The minimum absolute atomic E-state index is 0.0628. The van der Waals surface area contributed by atoms with Crippen molar-refractivity contribution in [2.45, 2.75) is 32.7 Å². The Morgan fingerprint density at radius 2 is 1.96 bits per heavy atom. The summed E-state index contributed by atoms with van der Waals surface area (Å²) in [6, 6.07) is 4.90. The lowest BCUT2D eigenvalue weighted by molar-refractivity contribution is 0.581. The van der Waals surface area contributed by atoms with Crippen LogP contribution in [0.1, 0.15) is 26.5 Å². The Hall–Kier alpha value is -2.67. The van der Waals surface area contributed by atoms with E-state index in [1.54, 1.807) is 43.6 Å². The van der Waals surface area contributed by atoms with Crippen LogP contribution >= 0.6 is 0 Å². The van der Waals surface area contributed by atoms with Gasteiger partial charge in [0.2, 0.25) is 5.95 Å². The SMILES string of the molecule is C=C(C)/C=C(\C=C(C)C)NS(=O)(=O)c1cccn1-c1nccc(C)n1. The van der Waals surface area contributed by atoms with E-state index in [1.165, 1.54) is 10.6 Å². The van der Waals surface area contributed by atoms with Gasteiger partial charge in [-0.3, -0.25) is 9.29 Å². The van der Waals surface area contributed by atoms with Gasteiger partial charge in [-0.2, -0.15) is 8.42 Å². The maximum Gasteiger partial charge on any atom is 0.278 e. The summed E-state index contributed by atoms with van der Waals surface area (Å²) in [6.07, 6.45) is 6.65. The van der Waals surface area contributed by atoms with Crippen LogP contribution in [0.15, 0.2) is 71.2 Å². The summed E-state index contributed by atoms with van der Waals surface area (Å²) in [4.78, 5) is 8.44. The van der Waals surface area contributed by atoms with Gasteiger partial charge in [0.05, 0.1) is 0 Å². The molecule has 1 N–H and O–H groups in total. The molecular formula is C18H22N4O2S. The van der Waals surface area contributed by atoms with Crippen LogP contribution in [0.5, 0.6) is 0 Å². The molecule has 2 heterocycles. The second-order valence-electron chi connectivity index (χ2n) is 5.99. The van der Waals surface area contributed by atoms with Gasteiger partial charge >= 0.3 is 0 Å². The first-order valence-corrected chi connectivity index (χ1v) is 9.19. The molecular weight excluding hydrogens is 336 g/mol. The predicted octanol–water partition coefficient (Wildman–Crippen LogP) is 3.28. The van der Waals surface area contributed by atoms with E-state index in [9.17, 15) is 8.42 Å². The Labute approximate surface area is 148 Å². The number of aryl methyl sites for hydroxylation is 1. The molecule has 0 aliphatic heterocycles. The molecule has 2 rings (SSSR count). The monoisotopic (exact) mass is 358 g/mol. The van der Waals surface area contributed by atoms with Crippen LogP contribution in [0.2, 0.25) is 0 Å². The standard InChI is InChI=1S/C18H22N4O2S/c1-13(2)11-16(12-14(3)4)21-25(23,24)17-7-6-10-22(17)18-19-9-8-15(5)20-18/h6-12,21H,1H2,2-5H3/b16-11+. The van der Waals surface area contributed by atoms with Crippen molar-refractivity contribution < 1.29 is 8.42 Å². The van der Waals surface area contributed by atoms with Crippen molar-refractivity contribution in [1.29, 1.82) is 0 Å².